The van der Waals surface area contributed by atoms with Crippen molar-refractivity contribution < 1.29 is 22.7 Å². The van der Waals surface area contributed by atoms with Crippen molar-refractivity contribution >= 4 is 27.8 Å². The van der Waals surface area contributed by atoms with E-state index in [1.165, 1.54) is 23.9 Å². The monoisotopic (exact) mass is 549 g/mol. The first-order chi connectivity index (χ1) is 18.6. The molecule has 1 fully saturated rings. The number of methoxy groups -OCH3 is 1. The van der Waals surface area contributed by atoms with E-state index in [4.69, 9.17) is 4.74 Å². The van der Waals surface area contributed by atoms with Crippen LogP contribution in [-0.2, 0) is 12.7 Å². The van der Waals surface area contributed by atoms with Gasteiger partial charge < -0.3 is 9.64 Å². The van der Waals surface area contributed by atoms with Crippen LogP contribution in [0.4, 0.5) is 18.0 Å². The molecule has 1 heterocycles. The zero-order chi connectivity index (χ0) is 27.9. The first kappa shape index (κ1) is 27.1. The average Bonchev–Trinajstić information content (AvgIpc) is 3.20. The number of fused-ring (bicyclic) bond motifs is 1. The molecule has 4 aromatic rings. The molecule has 1 aliphatic rings. The first-order valence-electron chi connectivity index (χ1n) is 12.9. The molecule has 2 unspecified atom stereocenters. The van der Waals surface area contributed by atoms with Crippen LogP contribution in [0.1, 0.15) is 54.2 Å². The van der Waals surface area contributed by atoms with Crippen LogP contribution in [0.2, 0.25) is 0 Å². The van der Waals surface area contributed by atoms with Gasteiger partial charge in [-0.3, -0.25) is 4.79 Å². The van der Waals surface area contributed by atoms with E-state index in [9.17, 15) is 18.0 Å². The molecule has 202 valence electrons. The maximum Gasteiger partial charge on any atom is 0.416 e. The maximum atomic E-state index is 13.8. The van der Waals surface area contributed by atoms with E-state index >= 15 is 0 Å². The number of alkyl halides is 3. The van der Waals surface area contributed by atoms with E-state index in [0.29, 0.717) is 22.4 Å². The van der Waals surface area contributed by atoms with Crippen LogP contribution in [0.5, 0.6) is 5.75 Å². The molecule has 1 saturated heterocycles. The van der Waals surface area contributed by atoms with Crippen LogP contribution in [0.15, 0.2) is 78.9 Å². The van der Waals surface area contributed by atoms with Crippen molar-refractivity contribution in [2.45, 2.75) is 50.7 Å². The summed E-state index contributed by atoms with van der Waals surface area (Å²) in [5, 5.41) is 1.93. The largest absolute Gasteiger partial charge is 0.496 e. The Morgan fingerprint density at radius 3 is 2.36 bits per heavy atom. The third-order valence-corrected chi connectivity index (χ3v) is 8.80. The molecular formula is C32H30F3NO2S. The number of amides is 1. The molecule has 0 N–H and O–H groups in total. The molecule has 0 aliphatic carbocycles. The van der Waals surface area contributed by atoms with Gasteiger partial charge in [-0.15, -0.1) is 0 Å². The Kier molecular flexibility index (Phi) is 7.38. The van der Waals surface area contributed by atoms with Gasteiger partial charge in [0.05, 0.1) is 17.9 Å². The molecule has 7 heteroatoms. The van der Waals surface area contributed by atoms with E-state index in [1.54, 1.807) is 12.0 Å². The lowest BCUT2D eigenvalue weighted by atomic mass is 9.92. The number of nitrogens with zero attached hydrogens (tertiary/aromatic N) is 1. The number of hydrogen-bond acceptors (Lipinski definition) is 3. The van der Waals surface area contributed by atoms with Gasteiger partial charge in [-0.25, -0.2) is 0 Å². The van der Waals surface area contributed by atoms with Gasteiger partial charge in [-0.1, -0.05) is 74.1 Å². The lowest BCUT2D eigenvalue weighted by molar-refractivity contribution is -0.137. The SMILES string of the molecule is COc1ccc(C(C)C)cc1-c1ccc(C(F)(F)F)cc1CN1C(=O)SC(c2ccc3ccccc3c2)C1C. The summed E-state index contributed by atoms with van der Waals surface area (Å²) in [6.45, 7) is 6.15. The lowest BCUT2D eigenvalue weighted by Gasteiger charge is -2.26. The Labute approximate surface area is 231 Å². The molecule has 0 saturated carbocycles. The molecule has 4 aromatic carbocycles. The maximum absolute atomic E-state index is 13.8. The molecule has 0 radical (unpaired) electrons. The van der Waals surface area contributed by atoms with E-state index < -0.39 is 11.7 Å². The second-order valence-corrected chi connectivity index (χ2v) is 11.4. The normalized spacial score (nSPS) is 17.8. The van der Waals surface area contributed by atoms with Gasteiger partial charge >= 0.3 is 6.18 Å². The summed E-state index contributed by atoms with van der Waals surface area (Å²) in [5.74, 6) is 0.802. The Morgan fingerprint density at radius 1 is 0.923 bits per heavy atom. The van der Waals surface area contributed by atoms with Gasteiger partial charge in [0, 0.05) is 18.2 Å². The van der Waals surface area contributed by atoms with Crippen molar-refractivity contribution in [2.24, 2.45) is 0 Å². The highest BCUT2D eigenvalue weighted by Gasteiger charge is 2.39. The molecular weight excluding hydrogens is 519 g/mol. The fraction of sp³-hybridized carbons (Fsp3) is 0.281. The molecule has 0 spiro atoms. The van der Waals surface area contributed by atoms with Crippen LogP contribution in [0.25, 0.3) is 21.9 Å². The highest BCUT2D eigenvalue weighted by molar-refractivity contribution is 8.14. The molecule has 2 atom stereocenters. The average molecular weight is 550 g/mol. The van der Waals surface area contributed by atoms with Crippen molar-refractivity contribution in [1.29, 1.82) is 0 Å². The summed E-state index contributed by atoms with van der Waals surface area (Å²) in [5.41, 5.74) is 3.11. The van der Waals surface area contributed by atoms with E-state index in [1.807, 2.05) is 61.5 Å². The predicted octanol–water partition coefficient (Wildman–Crippen LogP) is 9.46. The van der Waals surface area contributed by atoms with Crippen LogP contribution >= 0.6 is 11.8 Å². The fourth-order valence-electron chi connectivity index (χ4n) is 5.19. The Bertz CT molecular complexity index is 1530. The van der Waals surface area contributed by atoms with Gasteiger partial charge in [0.1, 0.15) is 5.75 Å². The third kappa shape index (κ3) is 5.37. The van der Waals surface area contributed by atoms with E-state index in [2.05, 4.69) is 19.9 Å². The number of hydrogen-bond donors (Lipinski definition) is 0. The summed E-state index contributed by atoms with van der Waals surface area (Å²) < 4.78 is 47.0. The van der Waals surface area contributed by atoms with Gasteiger partial charge in [-0.05, 0) is 76.2 Å². The third-order valence-electron chi connectivity index (χ3n) is 7.45. The highest BCUT2D eigenvalue weighted by Crippen LogP contribution is 2.46. The van der Waals surface area contributed by atoms with Crippen molar-refractivity contribution in [3.05, 3.63) is 101 Å². The van der Waals surface area contributed by atoms with Crippen molar-refractivity contribution in [3.8, 4) is 16.9 Å². The molecule has 5 rings (SSSR count). The molecule has 0 aromatic heterocycles. The minimum atomic E-state index is -4.50. The smallest absolute Gasteiger partial charge is 0.416 e. The number of carbonyl (C=O) groups is 1. The van der Waals surface area contributed by atoms with Crippen LogP contribution < -0.4 is 4.74 Å². The zero-order valence-corrected chi connectivity index (χ0v) is 23.1. The van der Waals surface area contributed by atoms with Gasteiger partial charge in [0.2, 0.25) is 0 Å². The second kappa shape index (κ2) is 10.6. The second-order valence-electron chi connectivity index (χ2n) is 10.3. The van der Waals surface area contributed by atoms with Crippen LogP contribution in [0, 0.1) is 0 Å². The lowest BCUT2D eigenvalue weighted by Crippen LogP contribution is -2.31. The minimum absolute atomic E-state index is 0.0609. The Morgan fingerprint density at radius 2 is 1.67 bits per heavy atom. The fourth-order valence-corrected chi connectivity index (χ4v) is 6.40. The van der Waals surface area contributed by atoms with Gasteiger partial charge in [0.15, 0.2) is 0 Å². The molecule has 1 aliphatic heterocycles. The number of halogens is 3. The molecule has 39 heavy (non-hydrogen) atoms. The number of rotatable bonds is 6. The van der Waals surface area contributed by atoms with Crippen molar-refractivity contribution in [3.63, 3.8) is 0 Å². The van der Waals surface area contributed by atoms with Crippen molar-refractivity contribution in [1.82, 2.24) is 4.90 Å². The summed E-state index contributed by atoms with van der Waals surface area (Å²) in [6.07, 6.45) is -4.50. The number of ether oxygens (including phenoxy) is 1. The summed E-state index contributed by atoms with van der Waals surface area (Å²) in [6, 6.07) is 23.6. The quantitative estimate of drug-likeness (QED) is 0.240. The van der Waals surface area contributed by atoms with Gasteiger partial charge in [-0.2, -0.15) is 13.2 Å². The highest BCUT2D eigenvalue weighted by atomic mass is 32.2. The van der Waals surface area contributed by atoms with Crippen LogP contribution in [-0.4, -0.2) is 23.3 Å². The van der Waals surface area contributed by atoms with E-state index in [-0.39, 0.29) is 29.0 Å². The number of carbonyl (C=O) groups excluding carboxylic acids is 1. The molecule has 3 nitrogen and oxygen atoms in total. The Hall–Kier alpha value is -3.45. The summed E-state index contributed by atoms with van der Waals surface area (Å²) in [4.78, 5) is 15.0. The predicted molar refractivity (Wildman–Crippen MR) is 152 cm³/mol. The number of benzene rings is 4. The topological polar surface area (TPSA) is 29.5 Å². The first-order valence-corrected chi connectivity index (χ1v) is 13.8. The minimum Gasteiger partial charge on any atom is -0.496 e. The number of thioether (sulfide) groups is 1. The van der Waals surface area contributed by atoms with Crippen LogP contribution in [0.3, 0.4) is 0 Å². The summed E-state index contributed by atoms with van der Waals surface area (Å²) >= 11 is 1.23. The van der Waals surface area contributed by atoms with Gasteiger partial charge in [0.25, 0.3) is 5.24 Å². The van der Waals surface area contributed by atoms with E-state index in [0.717, 1.165) is 28.0 Å². The van der Waals surface area contributed by atoms with Crippen molar-refractivity contribution in [2.75, 3.05) is 7.11 Å². The Balaban J connectivity index is 1.54. The summed E-state index contributed by atoms with van der Waals surface area (Å²) in [7, 11) is 1.55. The molecule has 1 amide bonds. The standard InChI is InChI=1S/C32H30F3NO2S/c1-19(2)22-11-14-29(38-4)28(17-22)27-13-12-26(32(33,34)35)16-25(27)18-36-20(3)30(39-31(36)37)24-10-9-21-7-5-6-8-23(21)15-24/h5-17,19-20,30H,18H2,1-4H3. The zero-order valence-electron chi connectivity index (χ0n) is 22.3. The molecule has 0 bridgehead atoms.